The first kappa shape index (κ1) is 14.9. The van der Waals surface area contributed by atoms with Gasteiger partial charge in [0, 0.05) is 29.3 Å². The molecule has 0 radical (unpaired) electrons. The lowest BCUT2D eigenvalue weighted by Crippen LogP contribution is -2.36. The average Bonchev–Trinajstić information content (AvgIpc) is 2.91. The largest absolute Gasteiger partial charge is 0.512 e. The van der Waals surface area contributed by atoms with Crippen LogP contribution in [0.4, 0.5) is 10.5 Å². The minimum atomic E-state index is -1.34. The molecule has 2 heterocycles. The second-order valence-corrected chi connectivity index (χ2v) is 5.77. The third kappa shape index (κ3) is 3.10. The molecule has 0 atom stereocenters. The molecule has 2 N–H and O–H groups in total. The monoisotopic (exact) mass is 366 g/mol. The first-order chi connectivity index (χ1) is 10.6. The van der Waals surface area contributed by atoms with Crippen molar-refractivity contribution in [2.75, 3.05) is 31.2 Å². The lowest BCUT2D eigenvalue weighted by atomic mass is 10.1. The van der Waals surface area contributed by atoms with Crippen LogP contribution in [0.15, 0.2) is 34.9 Å². The fraction of sp³-hybridized carbons (Fsp3) is 0.267. The SMILES string of the molecule is O=C(O)Oc1[nH]cc(-c2cccc(Br)c2)c1N1CCOCC1. The number of aromatic amines is 1. The molecule has 2 aromatic rings. The van der Waals surface area contributed by atoms with Crippen LogP contribution in [-0.4, -0.2) is 42.5 Å². The van der Waals surface area contributed by atoms with Crippen LogP contribution in [0.1, 0.15) is 0 Å². The topological polar surface area (TPSA) is 74.8 Å². The highest BCUT2D eigenvalue weighted by atomic mass is 79.9. The number of aromatic nitrogens is 1. The number of rotatable bonds is 3. The molecule has 1 fully saturated rings. The van der Waals surface area contributed by atoms with Crippen molar-refractivity contribution in [1.29, 1.82) is 0 Å². The summed E-state index contributed by atoms with van der Waals surface area (Å²) >= 11 is 3.46. The first-order valence-electron chi connectivity index (χ1n) is 6.86. The molecule has 0 bridgehead atoms. The van der Waals surface area contributed by atoms with Crippen molar-refractivity contribution < 1.29 is 19.4 Å². The van der Waals surface area contributed by atoms with Crippen LogP contribution < -0.4 is 9.64 Å². The van der Waals surface area contributed by atoms with Gasteiger partial charge in [-0.15, -0.1) is 0 Å². The van der Waals surface area contributed by atoms with Crippen LogP contribution in [0.5, 0.6) is 5.88 Å². The molecule has 3 rings (SSSR count). The zero-order valence-electron chi connectivity index (χ0n) is 11.7. The molecule has 7 heteroatoms. The Bertz CT molecular complexity index is 680. The molecule has 6 nitrogen and oxygen atoms in total. The van der Waals surface area contributed by atoms with E-state index in [0.717, 1.165) is 21.3 Å². The third-order valence-corrected chi connectivity index (χ3v) is 3.96. The molecule has 1 aliphatic heterocycles. The van der Waals surface area contributed by atoms with E-state index in [1.165, 1.54) is 0 Å². The maximum Gasteiger partial charge on any atom is 0.512 e. The minimum Gasteiger partial charge on any atom is -0.449 e. The quantitative estimate of drug-likeness (QED) is 0.814. The van der Waals surface area contributed by atoms with Gasteiger partial charge < -0.3 is 24.5 Å². The summed E-state index contributed by atoms with van der Waals surface area (Å²) in [6.45, 7) is 2.59. The van der Waals surface area contributed by atoms with Gasteiger partial charge in [0.2, 0.25) is 5.88 Å². The van der Waals surface area contributed by atoms with Gasteiger partial charge in [0.05, 0.1) is 13.2 Å². The average molecular weight is 367 g/mol. The maximum absolute atomic E-state index is 10.9. The fourth-order valence-corrected chi connectivity index (χ4v) is 2.94. The highest BCUT2D eigenvalue weighted by Crippen LogP contribution is 2.39. The van der Waals surface area contributed by atoms with Gasteiger partial charge >= 0.3 is 6.16 Å². The van der Waals surface area contributed by atoms with E-state index >= 15 is 0 Å². The summed E-state index contributed by atoms with van der Waals surface area (Å²) in [6, 6.07) is 7.84. The molecular formula is C15H15BrN2O4. The summed E-state index contributed by atoms with van der Waals surface area (Å²) < 4.78 is 11.2. The maximum atomic E-state index is 10.9. The second-order valence-electron chi connectivity index (χ2n) is 4.86. The Labute approximate surface area is 135 Å². The predicted molar refractivity (Wildman–Crippen MR) is 85.6 cm³/mol. The van der Waals surface area contributed by atoms with Crippen molar-refractivity contribution in [3.8, 4) is 17.0 Å². The van der Waals surface area contributed by atoms with Crippen molar-refractivity contribution in [3.05, 3.63) is 34.9 Å². The highest BCUT2D eigenvalue weighted by molar-refractivity contribution is 9.10. The minimum absolute atomic E-state index is 0.240. The van der Waals surface area contributed by atoms with E-state index < -0.39 is 6.16 Å². The van der Waals surface area contributed by atoms with Crippen LogP contribution in [-0.2, 0) is 4.74 Å². The van der Waals surface area contributed by atoms with E-state index in [-0.39, 0.29) is 5.88 Å². The van der Waals surface area contributed by atoms with Crippen LogP contribution in [0.25, 0.3) is 11.1 Å². The summed E-state index contributed by atoms with van der Waals surface area (Å²) in [5.41, 5.74) is 2.63. The number of carbonyl (C=O) groups is 1. The molecule has 0 unspecified atom stereocenters. The summed E-state index contributed by atoms with van der Waals surface area (Å²) in [4.78, 5) is 15.9. The number of hydrogen-bond donors (Lipinski definition) is 2. The number of H-pyrrole nitrogens is 1. The Morgan fingerprint density at radius 1 is 1.36 bits per heavy atom. The van der Waals surface area contributed by atoms with Crippen LogP contribution in [0.2, 0.25) is 0 Å². The number of carboxylic acid groups (broad SMARTS) is 1. The number of halogens is 1. The summed E-state index contributed by atoms with van der Waals surface area (Å²) in [5.74, 6) is 0.240. The van der Waals surface area contributed by atoms with E-state index in [4.69, 9.17) is 14.6 Å². The summed E-state index contributed by atoms with van der Waals surface area (Å²) in [5, 5.41) is 8.92. The number of hydrogen-bond acceptors (Lipinski definition) is 4. The molecule has 1 saturated heterocycles. The zero-order chi connectivity index (χ0) is 15.5. The standard InChI is InChI=1S/C15H15BrN2O4/c16-11-3-1-2-10(8-11)12-9-17-14(22-15(19)20)13(12)18-4-6-21-7-5-18/h1-3,8-9,17H,4-7H2,(H,19,20). The smallest absolute Gasteiger partial charge is 0.449 e. The summed E-state index contributed by atoms with van der Waals surface area (Å²) in [7, 11) is 0. The summed E-state index contributed by atoms with van der Waals surface area (Å²) in [6.07, 6.45) is 0.433. The molecule has 0 saturated carbocycles. The molecule has 0 aliphatic carbocycles. The third-order valence-electron chi connectivity index (χ3n) is 3.47. The van der Waals surface area contributed by atoms with Gasteiger partial charge in [0.1, 0.15) is 5.69 Å². The lowest BCUT2D eigenvalue weighted by Gasteiger charge is -2.29. The van der Waals surface area contributed by atoms with Gasteiger partial charge in [-0.3, -0.25) is 0 Å². The van der Waals surface area contributed by atoms with Crippen molar-refractivity contribution >= 4 is 27.8 Å². The van der Waals surface area contributed by atoms with E-state index in [9.17, 15) is 4.79 Å². The van der Waals surface area contributed by atoms with E-state index in [0.29, 0.717) is 26.3 Å². The van der Waals surface area contributed by atoms with Crippen LogP contribution >= 0.6 is 15.9 Å². The Balaban J connectivity index is 2.05. The molecule has 1 aromatic carbocycles. The zero-order valence-corrected chi connectivity index (χ0v) is 13.3. The van der Waals surface area contributed by atoms with Gasteiger partial charge in [-0.2, -0.15) is 0 Å². The lowest BCUT2D eigenvalue weighted by molar-refractivity contribution is 0.122. The number of nitrogens with one attached hydrogen (secondary N) is 1. The van der Waals surface area contributed by atoms with Gasteiger partial charge in [-0.1, -0.05) is 28.1 Å². The van der Waals surface area contributed by atoms with Gasteiger partial charge in [0.25, 0.3) is 0 Å². The van der Waals surface area contributed by atoms with E-state index in [1.807, 2.05) is 24.3 Å². The Morgan fingerprint density at radius 3 is 2.82 bits per heavy atom. The van der Waals surface area contributed by atoms with Crippen molar-refractivity contribution in [2.24, 2.45) is 0 Å². The van der Waals surface area contributed by atoms with Gasteiger partial charge in [-0.05, 0) is 17.7 Å². The van der Waals surface area contributed by atoms with Gasteiger partial charge in [0.15, 0.2) is 0 Å². The van der Waals surface area contributed by atoms with Gasteiger partial charge in [-0.25, -0.2) is 4.79 Å². The number of morpholine rings is 1. The molecule has 1 aromatic heterocycles. The second kappa shape index (κ2) is 6.41. The Morgan fingerprint density at radius 2 is 2.14 bits per heavy atom. The van der Waals surface area contributed by atoms with E-state index in [1.54, 1.807) is 6.20 Å². The van der Waals surface area contributed by atoms with Crippen LogP contribution in [0, 0.1) is 0 Å². The first-order valence-corrected chi connectivity index (χ1v) is 7.65. The normalized spacial score (nSPS) is 14.9. The number of ether oxygens (including phenoxy) is 2. The molecular weight excluding hydrogens is 352 g/mol. The van der Waals surface area contributed by atoms with Crippen molar-refractivity contribution in [3.63, 3.8) is 0 Å². The number of benzene rings is 1. The number of anilines is 1. The Kier molecular flexibility index (Phi) is 4.35. The number of nitrogens with zero attached hydrogens (tertiary/aromatic N) is 1. The highest BCUT2D eigenvalue weighted by Gasteiger charge is 2.23. The van der Waals surface area contributed by atoms with Crippen molar-refractivity contribution in [1.82, 2.24) is 4.98 Å². The molecule has 0 spiro atoms. The van der Waals surface area contributed by atoms with Crippen molar-refractivity contribution in [2.45, 2.75) is 0 Å². The van der Waals surface area contributed by atoms with E-state index in [2.05, 4.69) is 25.8 Å². The molecule has 1 aliphatic rings. The molecule has 116 valence electrons. The fourth-order valence-electron chi connectivity index (χ4n) is 2.54. The van der Waals surface area contributed by atoms with Crippen LogP contribution in [0.3, 0.4) is 0 Å². The predicted octanol–water partition coefficient (Wildman–Crippen LogP) is 3.34. The molecule has 22 heavy (non-hydrogen) atoms. The Hall–Kier alpha value is -1.99. The molecule has 0 amide bonds.